The molecule has 0 radical (unpaired) electrons. The van der Waals surface area contributed by atoms with Crippen LogP contribution < -0.4 is 5.32 Å². The monoisotopic (exact) mass is 284 g/mol. The number of hydrogen-bond acceptors (Lipinski definition) is 4. The molecule has 2 N–H and O–H groups in total. The maximum atomic E-state index is 12.2. The maximum absolute atomic E-state index is 12.2. The van der Waals surface area contributed by atoms with Gasteiger partial charge in [-0.15, -0.1) is 0 Å². The van der Waals surface area contributed by atoms with Crippen LogP contribution in [0.4, 0.5) is 5.69 Å². The van der Waals surface area contributed by atoms with Gasteiger partial charge < -0.3 is 10.4 Å². The summed E-state index contributed by atoms with van der Waals surface area (Å²) in [6, 6.07) is 6.92. The van der Waals surface area contributed by atoms with Gasteiger partial charge >= 0.3 is 0 Å². The number of phenolic OH excluding ortho intramolecular Hbond substituents is 1. The number of carbonyl (C=O) groups is 1. The Balaban J connectivity index is 2.15. The van der Waals surface area contributed by atoms with Crippen molar-refractivity contribution < 1.29 is 9.90 Å². The van der Waals surface area contributed by atoms with Crippen LogP contribution in [0, 0.1) is 25.2 Å². The average Bonchev–Trinajstić information content (AvgIpc) is 2.82. The number of amides is 1. The van der Waals surface area contributed by atoms with Gasteiger partial charge in [0.05, 0.1) is 30.8 Å². The van der Waals surface area contributed by atoms with Gasteiger partial charge in [0.25, 0.3) is 5.91 Å². The van der Waals surface area contributed by atoms with Crippen molar-refractivity contribution in [2.24, 2.45) is 0 Å². The maximum Gasteiger partial charge on any atom is 0.259 e. The lowest BCUT2D eigenvalue weighted by atomic mass is 10.2. The summed E-state index contributed by atoms with van der Waals surface area (Å²) in [6.07, 6.45) is 1.84. The first kappa shape index (κ1) is 14.6. The highest BCUT2D eigenvalue weighted by atomic mass is 16.3. The molecular formula is C15H16N4O2. The number of nitrogens with one attached hydrogen (secondary N) is 1. The Morgan fingerprint density at radius 2 is 2.24 bits per heavy atom. The predicted molar refractivity (Wildman–Crippen MR) is 78.0 cm³/mol. The van der Waals surface area contributed by atoms with Gasteiger partial charge in [0.1, 0.15) is 5.75 Å². The van der Waals surface area contributed by atoms with Crippen LogP contribution in [0.25, 0.3) is 0 Å². The van der Waals surface area contributed by atoms with Gasteiger partial charge in [-0.1, -0.05) is 0 Å². The molecule has 6 nitrogen and oxygen atoms in total. The number of hydrogen-bond donors (Lipinski definition) is 2. The van der Waals surface area contributed by atoms with Crippen LogP contribution in [-0.4, -0.2) is 20.8 Å². The van der Waals surface area contributed by atoms with Gasteiger partial charge in [-0.3, -0.25) is 9.48 Å². The van der Waals surface area contributed by atoms with Gasteiger partial charge in [0.15, 0.2) is 0 Å². The third kappa shape index (κ3) is 3.20. The molecule has 0 aliphatic rings. The molecule has 1 aromatic carbocycles. The largest absolute Gasteiger partial charge is 0.508 e. The van der Waals surface area contributed by atoms with Crippen LogP contribution in [0.15, 0.2) is 24.4 Å². The van der Waals surface area contributed by atoms with Gasteiger partial charge in [0.2, 0.25) is 0 Å². The van der Waals surface area contributed by atoms with Crippen molar-refractivity contribution >= 4 is 11.6 Å². The van der Waals surface area contributed by atoms with E-state index in [1.54, 1.807) is 30.7 Å². The number of benzene rings is 1. The number of carbonyl (C=O) groups excluding carboxylic acids is 1. The lowest BCUT2D eigenvalue weighted by Gasteiger charge is -2.07. The molecule has 0 bridgehead atoms. The minimum Gasteiger partial charge on any atom is -0.508 e. The third-order valence-corrected chi connectivity index (χ3v) is 3.24. The summed E-state index contributed by atoms with van der Waals surface area (Å²) in [5.74, 6) is -0.0747. The molecule has 108 valence electrons. The van der Waals surface area contributed by atoms with Gasteiger partial charge in [-0.25, -0.2) is 0 Å². The number of nitrogens with zero attached hydrogens (tertiary/aromatic N) is 3. The smallest absolute Gasteiger partial charge is 0.259 e. The SMILES string of the molecule is Cc1cc(NC(=O)c2cnn(CCC#N)c2C)ccc1O. The predicted octanol–water partition coefficient (Wildman–Crippen LogP) is 2.37. The topological polar surface area (TPSA) is 90.9 Å². The van der Waals surface area contributed by atoms with Crippen molar-refractivity contribution in [3.63, 3.8) is 0 Å². The molecule has 2 rings (SSSR count). The molecular weight excluding hydrogens is 268 g/mol. The summed E-state index contributed by atoms with van der Waals surface area (Å²) >= 11 is 0. The van der Waals surface area contributed by atoms with E-state index in [9.17, 15) is 9.90 Å². The summed E-state index contributed by atoms with van der Waals surface area (Å²) < 4.78 is 1.64. The van der Waals surface area contributed by atoms with E-state index in [1.807, 2.05) is 6.07 Å². The van der Waals surface area contributed by atoms with E-state index < -0.39 is 0 Å². The summed E-state index contributed by atoms with van der Waals surface area (Å²) in [6.45, 7) is 4.02. The number of anilines is 1. The van der Waals surface area contributed by atoms with Crippen molar-refractivity contribution in [1.82, 2.24) is 9.78 Å². The lowest BCUT2D eigenvalue weighted by Crippen LogP contribution is -2.13. The zero-order chi connectivity index (χ0) is 15.4. The second kappa shape index (κ2) is 6.09. The van der Waals surface area contributed by atoms with Crippen LogP contribution in [0.3, 0.4) is 0 Å². The van der Waals surface area contributed by atoms with Crippen LogP contribution in [0.2, 0.25) is 0 Å². The fourth-order valence-electron chi connectivity index (χ4n) is 1.98. The van der Waals surface area contributed by atoms with E-state index in [0.717, 1.165) is 5.69 Å². The Kier molecular flexibility index (Phi) is 4.24. The molecule has 0 fully saturated rings. The normalized spacial score (nSPS) is 10.1. The lowest BCUT2D eigenvalue weighted by molar-refractivity contribution is 0.102. The Bertz CT molecular complexity index is 713. The first-order chi connectivity index (χ1) is 10.0. The molecule has 0 aliphatic heterocycles. The summed E-state index contributed by atoms with van der Waals surface area (Å²) in [5.41, 5.74) is 2.49. The molecule has 0 saturated carbocycles. The van der Waals surface area contributed by atoms with Crippen molar-refractivity contribution in [3.8, 4) is 11.8 Å². The first-order valence-electron chi connectivity index (χ1n) is 6.53. The Hall–Kier alpha value is -2.81. The Labute approximate surface area is 122 Å². The molecule has 0 saturated heterocycles. The number of rotatable bonds is 4. The van der Waals surface area contributed by atoms with Crippen LogP contribution in [0.5, 0.6) is 5.75 Å². The highest BCUT2D eigenvalue weighted by Crippen LogP contribution is 2.21. The zero-order valence-corrected chi connectivity index (χ0v) is 11.9. The Morgan fingerprint density at radius 3 is 2.90 bits per heavy atom. The highest BCUT2D eigenvalue weighted by molar-refractivity contribution is 6.04. The molecule has 0 spiro atoms. The third-order valence-electron chi connectivity index (χ3n) is 3.24. The molecule has 0 aliphatic carbocycles. The average molecular weight is 284 g/mol. The Morgan fingerprint density at radius 1 is 1.48 bits per heavy atom. The number of nitriles is 1. The fraction of sp³-hybridized carbons (Fsp3) is 0.267. The zero-order valence-electron chi connectivity index (χ0n) is 11.9. The number of aryl methyl sites for hydroxylation is 2. The molecule has 6 heteroatoms. The molecule has 0 unspecified atom stereocenters. The minimum absolute atomic E-state index is 0.188. The second-order valence-corrected chi connectivity index (χ2v) is 4.73. The van der Waals surface area contributed by atoms with Crippen LogP contribution in [-0.2, 0) is 6.54 Å². The minimum atomic E-state index is -0.263. The molecule has 1 aromatic heterocycles. The van der Waals surface area contributed by atoms with Crippen molar-refractivity contribution in [3.05, 3.63) is 41.2 Å². The number of aromatic hydroxyl groups is 1. The summed E-state index contributed by atoms with van der Waals surface area (Å²) in [4.78, 5) is 12.2. The van der Waals surface area contributed by atoms with Gasteiger partial charge in [-0.2, -0.15) is 10.4 Å². The van der Waals surface area contributed by atoms with E-state index >= 15 is 0 Å². The quantitative estimate of drug-likeness (QED) is 0.843. The van der Waals surface area contributed by atoms with E-state index in [2.05, 4.69) is 10.4 Å². The highest BCUT2D eigenvalue weighted by Gasteiger charge is 2.14. The van der Waals surface area contributed by atoms with E-state index in [1.165, 1.54) is 12.3 Å². The van der Waals surface area contributed by atoms with E-state index in [0.29, 0.717) is 29.8 Å². The van der Waals surface area contributed by atoms with E-state index in [4.69, 9.17) is 5.26 Å². The number of aromatic nitrogens is 2. The molecule has 2 aromatic rings. The molecule has 1 amide bonds. The van der Waals surface area contributed by atoms with E-state index in [-0.39, 0.29) is 11.7 Å². The first-order valence-corrected chi connectivity index (χ1v) is 6.53. The van der Waals surface area contributed by atoms with Crippen molar-refractivity contribution in [1.29, 1.82) is 5.26 Å². The standard InChI is InChI=1S/C15H16N4O2/c1-10-8-12(4-5-14(10)20)18-15(21)13-9-17-19(11(13)2)7-3-6-16/h4-5,8-9,20H,3,7H2,1-2H3,(H,18,21). The van der Waals surface area contributed by atoms with Crippen molar-refractivity contribution in [2.75, 3.05) is 5.32 Å². The molecule has 0 atom stereocenters. The second-order valence-electron chi connectivity index (χ2n) is 4.73. The molecule has 21 heavy (non-hydrogen) atoms. The van der Waals surface area contributed by atoms with Gasteiger partial charge in [-0.05, 0) is 37.6 Å². The fourth-order valence-corrected chi connectivity index (χ4v) is 1.98. The van der Waals surface area contributed by atoms with Crippen LogP contribution in [0.1, 0.15) is 28.0 Å². The molecule has 1 heterocycles. The van der Waals surface area contributed by atoms with Crippen LogP contribution >= 0.6 is 0 Å². The number of phenols is 1. The summed E-state index contributed by atoms with van der Waals surface area (Å²) in [5, 5.41) is 24.9. The van der Waals surface area contributed by atoms with Crippen molar-refractivity contribution in [2.45, 2.75) is 26.8 Å². The summed E-state index contributed by atoms with van der Waals surface area (Å²) in [7, 11) is 0. The van der Waals surface area contributed by atoms with Gasteiger partial charge in [0, 0.05) is 11.4 Å².